The van der Waals surface area contributed by atoms with Crippen LogP contribution in [0.25, 0.3) is 0 Å². The Labute approximate surface area is 127 Å². The fourth-order valence-corrected chi connectivity index (χ4v) is 4.13. The minimum atomic E-state index is -0.893. The normalized spacial score (nSPS) is 25.7. The van der Waals surface area contributed by atoms with Gasteiger partial charge in [-0.2, -0.15) is 4.98 Å². The smallest absolute Gasteiger partial charge is 0.313 e. The maximum Gasteiger partial charge on any atom is 0.313 e. The monoisotopic (exact) mass is 309 g/mol. The van der Waals surface area contributed by atoms with Crippen LogP contribution in [0.1, 0.15) is 31.7 Å². The minimum absolute atomic E-state index is 0.0707. The molecule has 0 saturated carbocycles. The lowest BCUT2D eigenvalue weighted by Crippen LogP contribution is -2.39. The molecule has 2 saturated heterocycles. The molecule has 2 aliphatic heterocycles. The van der Waals surface area contributed by atoms with Gasteiger partial charge in [-0.25, -0.2) is 0 Å². The second kappa shape index (κ2) is 6.19. The van der Waals surface area contributed by atoms with E-state index in [4.69, 9.17) is 5.11 Å². The summed E-state index contributed by atoms with van der Waals surface area (Å²) in [7, 11) is 0. The highest BCUT2D eigenvalue weighted by atomic mass is 32.2. The second-order valence-electron chi connectivity index (χ2n) is 5.65. The third kappa shape index (κ3) is 3.29. The maximum absolute atomic E-state index is 11.5. The van der Waals surface area contributed by atoms with Gasteiger partial charge in [-0.05, 0) is 32.2 Å². The van der Waals surface area contributed by atoms with Gasteiger partial charge in [0.2, 0.25) is 0 Å². The summed E-state index contributed by atoms with van der Waals surface area (Å²) in [5.41, 5.74) is -0.308. The van der Waals surface area contributed by atoms with E-state index >= 15 is 0 Å². The molecule has 1 N–H and O–H groups in total. The van der Waals surface area contributed by atoms with Gasteiger partial charge < -0.3 is 14.6 Å². The summed E-state index contributed by atoms with van der Waals surface area (Å²) < 4.78 is 2.00. The predicted molar refractivity (Wildman–Crippen MR) is 79.7 cm³/mol. The lowest BCUT2D eigenvalue weighted by Gasteiger charge is -2.36. The number of aliphatic carboxylic acids is 1. The number of nitrogens with zero attached hydrogens (tertiary/aromatic N) is 3. The van der Waals surface area contributed by atoms with Gasteiger partial charge in [-0.15, -0.1) is 0 Å². The van der Waals surface area contributed by atoms with Crippen molar-refractivity contribution in [3.8, 4) is 0 Å². The summed E-state index contributed by atoms with van der Waals surface area (Å²) in [4.78, 5) is 28.7. The molecule has 21 heavy (non-hydrogen) atoms. The van der Waals surface area contributed by atoms with E-state index in [2.05, 4.69) is 9.88 Å². The minimum Gasteiger partial charge on any atom is -0.481 e. The molecule has 0 bridgehead atoms. The van der Waals surface area contributed by atoms with Crippen molar-refractivity contribution in [2.45, 2.75) is 42.9 Å². The Hall–Kier alpha value is -1.34. The van der Waals surface area contributed by atoms with E-state index in [0.29, 0.717) is 17.2 Å². The van der Waals surface area contributed by atoms with Gasteiger partial charge in [0.05, 0.1) is 5.75 Å². The van der Waals surface area contributed by atoms with E-state index in [1.807, 2.05) is 4.57 Å². The molecule has 3 heterocycles. The number of carbonyl (C=O) groups is 1. The van der Waals surface area contributed by atoms with Crippen molar-refractivity contribution in [3.05, 3.63) is 22.6 Å². The van der Waals surface area contributed by atoms with Gasteiger partial charge in [0.15, 0.2) is 5.16 Å². The quantitative estimate of drug-likeness (QED) is 0.666. The van der Waals surface area contributed by atoms with Crippen molar-refractivity contribution in [2.75, 3.05) is 18.8 Å². The van der Waals surface area contributed by atoms with E-state index < -0.39 is 5.97 Å². The third-order valence-corrected chi connectivity index (χ3v) is 5.27. The van der Waals surface area contributed by atoms with Crippen molar-refractivity contribution >= 4 is 17.7 Å². The Morgan fingerprint density at radius 1 is 1.38 bits per heavy atom. The van der Waals surface area contributed by atoms with Crippen LogP contribution in [-0.2, 0) is 4.79 Å². The zero-order valence-electron chi connectivity index (χ0n) is 11.8. The zero-order valence-corrected chi connectivity index (χ0v) is 12.6. The number of carboxylic acid groups (broad SMARTS) is 1. The van der Waals surface area contributed by atoms with E-state index in [0.717, 1.165) is 31.1 Å². The van der Waals surface area contributed by atoms with E-state index in [-0.39, 0.29) is 11.3 Å². The summed E-state index contributed by atoms with van der Waals surface area (Å²) in [5.74, 6) is -0.964. The number of hydrogen-bond donors (Lipinski definition) is 1. The summed E-state index contributed by atoms with van der Waals surface area (Å²) in [6, 6.07) is 2.40. The van der Waals surface area contributed by atoms with Crippen LogP contribution in [-0.4, -0.2) is 50.4 Å². The van der Waals surface area contributed by atoms with Gasteiger partial charge in [0.25, 0.3) is 5.56 Å². The molecule has 3 rings (SSSR count). The first kappa shape index (κ1) is 14.6. The van der Waals surface area contributed by atoms with Gasteiger partial charge in [0, 0.05) is 30.9 Å². The van der Waals surface area contributed by atoms with Crippen molar-refractivity contribution in [1.29, 1.82) is 0 Å². The predicted octanol–water partition coefficient (Wildman–Crippen LogP) is 1.22. The first-order valence-corrected chi connectivity index (χ1v) is 8.30. The molecule has 0 aliphatic carbocycles. The summed E-state index contributed by atoms with van der Waals surface area (Å²) in [6.07, 6.45) is 6.36. The highest BCUT2D eigenvalue weighted by Gasteiger charge is 2.32. The van der Waals surface area contributed by atoms with Crippen molar-refractivity contribution < 1.29 is 9.90 Å². The van der Waals surface area contributed by atoms with E-state index in [1.165, 1.54) is 25.5 Å². The Bertz CT molecular complexity index is 589. The molecule has 0 radical (unpaired) electrons. The molecule has 0 aromatic carbocycles. The van der Waals surface area contributed by atoms with Crippen LogP contribution in [0.15, 0.2) is 22.2 Å². The standard InChI is InChI=1S/C14H19N3O3S/c18-12-4-7-17(14(15-12)21-9-13(19)20)11-3-6-16-5-1-2-10(16)8-11/h4,7,10-11H,1-3,5-6,8-9H2,(H,19,20). The van der Waals surface area contributed by atoms with E-state index in [9.17, 15) is 9.59 Å². The average Bonchev–Trinajstić information content (AvgIpc) is 2.92. The van der Waals surface area contributed by atoms with Crippen molar-refractivity contribution in [1.82, 2.24) is 14.5 Å². The highest BCUT2D eigenvalue weighted by molar-refractivity contribution is 7.99. The van der Waals surface area contributed by atoms with Crippen LogP contribution in [0, 0.1) is 0 Å². The molecule has 2 aliphatic rings. The summed E-state index contributed by atoms with van der Waals surface area (Å²) in [6.45, 7) is 2.27. The summed E-state index contributed by atoms with van der Waals surface area (Å²) in [5, 5.41) is 9.35. The number of carboxylic acids is 1. The third-order valence-electron chi connectivity index (χ3n) is 4.32. The van der Waals surface area contributed by atoms with Crippen LogP contribution in [0.2, 0.25) is 0 Å². The Morgan fingerprint density at radius 2 is 2.24 bits per heavy atom. The van der Waals surface area contributed by atoms with Gasteiger partial charge in [-0.3, -0.25) is 9.59 Å². The molecule has 0 amide bonds. The lowest BCUT2D eigenvalue weighted by atomic mass is 9.97. The number of hydrogen-bond acceptors (Lipinski definition) is 5. The number of rotatable bonds is 4. The first-order chi connectivity index (χ1) is 10.1. The molecule has 0 spiro atoms. The van der Waals surface area contributed by atoms with Gasteiger partial charge >= 0.3 is 5.97 Å². The van der Waals surface area contributed by atoms with Crippen molar-refractivity contribution in [3.63, 3.8) is 0 Å². The second-order valence-corrected chi connectivity index (χ2v) is 6.59. The molecule has 2 fully saturated rings. The molecular formula is C14H19N3O3S. The largest absolute Gasteiger partial charge is 0.481 e. The molecule has 2 unspecified atom stereocenters. The average molecular weight is 309 g/mol. The molecule has 7 heteroatoms. The van der Waals surface area contributed by atoms with Gasteiger partial charge in [-0.1, -0.05) is 11.8 Å². The van der Waals surface area contributed by atoms with Crippen LogP contribution >= 0.6 is 11.8 Å². The molecule has 6 nitrogen and oxygen atoms in total. The Kier molecular flexibility index (Phi) is 4.30. The molecular weight excluding hydrogens is 290 g/mol. The molecule has 1 aromatic heterocycles. The zero-order chi connectivity index (χ0) is 14.8. The number of aromatic nitrogens is 2. The Morgan fingerprint density at radius 3 is 3.05 bits per heavy atom. The topological polar surface area (TPSA) is 75.4 Å². The molecule has 2 atom stereocenters. The SMILES string of the molecule is O=C(O)CSc1nc(=O)ccn1C1CCN2CCCC2C1. The first-order valence-electron chi connectivity index (χ1n) is 7.31. The fourth-order valence-electron chi connectivity index (χ4n) is 3.36. The number of fused-ring (bicyclic) bond motifs is 1. The number of thioether (sulfide) groups is 1. The number of piperidine rings is 1. The lowest BCUT2D eigenvalue weighted by molar-refractivity contribution is -0.133. The van der Waals surface area contributed by atoms with E-state index in [1.54, 1.807) is 6.20 Å². The summed E-state index contributed by atoms with van der Waals surface area (Å²) >= 11 is 1.13. The maximum atomic E-state index is 11.5. The molecule has 114 valence electrons. The van der Waals surface area contributed by atoms with Crippen LogP contribution in [0.4, 0.5) is 0 Å². The van der Waals surface area contributed by atoms with Crippen LogP contribution < -0.4 is 5.56 Å². The van der Waals surface area contributed by atoms with Gasteiger partial charge in [0.1, 0.15) is 0 Å². The van der Waals surface area contributed by atoms with Crippen LogP contribution in [0.5, 0.6) is 0 Å². The highest BCUT2D eigenvalue weighted by Crippen LogP contribution is 2.34. The molecule has 1 aromatic rings. The van der Waals surface area contributed by atoms with Crippen LogP contribution in [0.3, 0.4) is 0 Å². The van der Waals surface area contributed by atoms with Crippen molar-refractivity contribution in [2.24, 2.45) is 0 Å². The Balaban J connectivity index is 1.80. The fraction of sp³-hybridized carbons (Fsp3) is 0.643.